The molecule has 162 valence electrons. The lowest BCUT2D eigenvalue weighted by Gasteiger charge is -2.13. The van der Waals surface area contributed by atoms with Gasteiger partial charge in [-0.05, 0) is 30.2 Å². The van der Waals surface area contributed by atoms with E-state index >= 15 is 0 Å². The van der Waals surface area contributed by atoms with Crippen LogP contribution in [0.5, 0.6) is 11.5 Å². The van der Waals surface area contributed by atoms with Crippen LogP contribution in [0.25, 0.3) is 5.82 Å². The molecule has 0 radical (unpaired) electrons. The van der Waals surface area contributed by atoms with E-state index in [1.807, 2.05) is 19.9 Å². The summed E-state index contributed by atoms with van der Waals surface area (Å²) in [6.07, 6.45) is 3.08. The zero-order chi connectivity index (χ0) is 22.4. The topological polar surface area (TPSA) is 105 Å². The minimum atomic E-state index is -0.640. The molecular formula is C22H24N4O5. The summed E-state index contributed by atoms with van der Waals surface area (Å²) < 4.78 is 17.2. The molecule has 0 spiro atoms. The highest BCUT2D eigenvalue weighted by atomic mass is 16.5. The SMILES string of the molecule is COc1ccc(OC)c(NC(=O)COC(=O)c2cnn(-c3ccccn3)c2C(C)C)c1. The van der Waals surface area contributed by atoms with Crippen LogP contribution in [0.2, 0.25) is 0 Å². The van der Waals surface area contributed by atoms with Gasteiger partial charge in [-0.15, -0.1) is 0 Å². The molecule has 0 bridgehead atoms. The third kappa shape index (κ3) is 5.00. The molecule has 0 saturated heterocycles. The lowest BCUT2D eigenvalue weighted by molar-refractivity contribution is -0.119. The number of esters is 1. The number of aromatic nitrogens is 3. The van der Waals surface area contributed by atoms with E-state index in [4.69, 9.17) is 14.2 Å². The molecule has 0 fully saturated rings. The van der Waals surface area contributed by atoms with Gasteiger partial charge in [0.1, 0.15) is 17.1 Å². The molecule has 0 aliphatic rings. The Bertz CT molecular complexity index is 1060. The zero-order valence-corrected chi connectivity index (χ0v) is 17.8. The number of hydrogen-bond donors (Lipinski definition) is 1. The second-order valence-corrected chi connectivity index (χ2v) is 6.89. The van der Waals surface area contributed by atoms with Gasteiger partial charge in [-0.3, -0.25) is 4.79 Å². The third-order valence-corrected chi connectivity index (χ3v) is 4.45. The number of anilines is 1. The van der Waals surface area contributed by atoms with Gasteiger partial charge in [-0.2, -0.15) is 5.10 Å². The predicted octanol–water partition coefficient (Wildman–Crippen LogP) is 3.20. The fraction of sp³-hybridized carbons (Fsp3) is 0.273. The molecule has 9 heteroatoms. The quantitative estimate of drug-likeness (QED) is 0.554. The van der Waals surface area contributed by atoms with Crippen molar-refractivity contribution in [1.82, 2.24) is 14.8 Å². The molecule has 0 unspecified atom stereocenters. The molecule has 2 heterocycles. The first-order chi connectivity index (χ1) is 14.9. The van der Waals surface area contributed by atoms with Crippen molar-refractivity contribution in [1.29, 1.82) is 0 Å². The fourth-order valence-corrected chi connectivity index (χ4v) is 3.04. The van der Waals surface area contributed by atoms with Crippen molar-refractivity contribution in [3.05, 3.63) is 60.0 Å². The first kappa shape index (κ1) is 21.8. The first-order valence-electron chi connectivity index (χ1n) is 9.63. The summed E-state index contributed by atoms with van der Waals surface area (Å²) in [6, 6.07) is 10.4. The van der Waals surface area contributed by atoms with Crippen molar-refractivity contribution < 1.29 is 23.8 Å². The van der Waals surface area contributed by atoms with Gasteiger partial charge >= 0.3 is 5.97 Å². The number of ether oxygens (including phenoxy) is 3. The van der Waals surface area contributed by atoms with E-state index in [2.05, 4.69) is 15.4 Å². The number of rotatable bonds is 8. The summed E-state index contributed by atoms with van der Waals surface area (Å²) in [5.74, 6) is 0.424. The Morgan fingerprint density at radius 1 is 1.13 bits per heavy atom. The standard InChI is InChI=1S/C22H24N4O5/c1-14(2)21-16(12-24-26(21)19-7-5-6-10-23-19)22(28)31-13-20(27)25-17-11-15(29-3)8-9-18(17)30-4/h5-12,14H,13H2,1-4H3,(H,25,27). The highest BCUT2D eigenvalue weighted by Gasteiger charge is 2.23. The van der Waals surface area contributed by atoms with Crippen LogP contribution in [0.1, 0.15) is 35.8 Å². The molecule has 0 atom stereocenters. The Morgan fingerprint density at radius 2 is 1.94 bits per heavy atom. The normalized spacial score (nSPS) is 10.6. The van der Waals surface area contributed by atoms with Crippen LogP contribution in [0, 0.1) is 0 Å². The molecule has 3 rings (SSSR count). The molecule has 3 aromatic rings. The largest absolute Gasteiger partial charge is 0.497 e. The highest BCUT2D eigenvalue weighted by Crippen LogP contribution is 2.29. The van der Waals surface area contributed by atoms with Crippen LogP contribution in [0.3, 0.4) is 0 Å². The Hall–Kier alpha value is -3.88. The Balaban J connectivity index is 1.71. The van der Waals surface area contributed by atoms with Gasteiger partial charge in [0.25, 0.3) is 5.91 Å². The van der Waals surface area contributed by atoms with Gasteiger partial charge in [-0.1, -0.05) is 19.9 Å². The summed E-state index contributed by atoms with van der Waals surface area (Å²) in [7, 11) is 3.01. The molecule has 1 amide bonds. The summed E-state index contributed by atoms with van der Waals surface area (Å²) in [5, 5.41) is 6.95. The number of benzene rings is 1. The second-order valence-electron chi connectivity index (χ2n) is 6.89. The van der Waals surface area contributed by atoms with Crippen LogP contribution in [0.4, 0.5) is 5.69 Å². The van der Waals surface area contributed by atoms with Gasteiger partial charge in [0.15, 0.2) is 12.4 Å². The van der Waals surface area contributed by atoms with Crippen LogP contribution in [-0.2, 0) is 9.53 Å². The van der Waals surface area contributed by atoms with Crippen molar-refractivity contribution in [2.45, 2.75) is 19.8 Å². The van der Waals surface area contributed by atoms with Crippen LogP contribution >= 0.6 is 0 Å². The Kier molecular flexibility index (Phi) is 6.86. The molecule has 9 nitrogen and oxygen atoms in total. The van der Waals surface area contributed by atoms with Crippen LogP contribution in [0.15, 0.2) is 48.8 Å². The number of hydrogen-bond acceptors (Lipinski definition) is 7. The monoisotopic (exact) mass is 424 g/mol. The smallest absolute Gasteiger partial charge is 0.342 e. The van der Waals surface area contributed by atoms with Crippen molar-refractivity contribution >= 4 is 17.6 Å². The van der Waals surface area contributed by atoms with Gasteiger partial charge in [0, 0.05) is 12.3 Å². The molecule has 31 heavy (non-hydrogen) atoms. The fourth-order valence-electron chi connectivity index (χ4n) is 3.04. The predicted molar refractivity (Wildman–Crippen MR) is 114 cm³/mol. The number of carbonyl (C=O) groups excluding carboxylic acids is 2. The van der Waals surface area contributed by atoms with Crippen LogP contribution in [-0.4, -0.2) is 47.5 Å². The van der Waals surface area contributed by atoms with E-state index in [0.717, 1.165) is 0 Å². The number of methoxy groups -OCH3 is 2. The van der Waals surface area contributed by atoms with Crippen LogP contribution < -0.4 is 14.8 Å². The van der Waals surface area contributed by atoms with Gasteiger partial charge in [0.05, 0.1) is 31.8 Å². The molecule has 0 saturated carbocycles. The lowest BCUT2D eigenvalue weighted by Crippen LogP contribution is -2.22. The molecule has 1 N–H and O–H groups in total. The average molecular weight is 424 g/mol. The van der Waals surface area contributed by atoms with Gasteiger partial charge < -0.3 is 19.5 Å². The van der Waals surface area contributed by atoms with E-state index in [1.54, 1.807) is 41.2 Å². The molecular weight excluding hydrogens is 400 g/mol. The van der Waals surface area contributed by atoms with E-state index < -0.39 is 18.5 Å². The number of nitrogens with zero attached hydrogens (tertiary/aromatic N) is 3. The molecule has 2 aromatic heterocycles. The maximum absolute atomic E-state index is 12.7. The maximum Gasteiger partial charge on any atom is 0.342 e. The number of pyridine rings is 1. The summed E-state index contributed by atoms with van der Waals surface area (Å²) >= 11 is 0. The summed E-state index contributed by atoms with van der Waals surface area (Å²) in [6.45, 7) is 3.41. The Labute approximate surface area is 180 Å². The van der Waals surface area contributed by atoms with E-state index in [0.29, 0.717) is 28.7 Å². The number of carbonyl (C=O) groups is 2. The highest BCUT2D eigenvalue weighted by molar-refractivity contribution is 5.97. The molecule has 0 aliphatic heterocycles. The van der Waals surface area contributed by atoms with Crippen molar-refractivity contribution in [2.75, 3.05) is 26.1 Å². The maximum atomic E-state index is 12.7. The first-order valence-corrected chi connectivity index (χ1v) is 9.63. The van der Waals surface area contributed by atoms with Gasteiger partial charge in [0.2, 0.25) is 0 Å². The summed E-state index contributed by atoms with van der Waals surface area (Å²) in [4.78, 5) is 29.3. The minimum Gasteiger partial charge on any atom is -0.497 e. The van der Waals surface area contributed by atoms with E-state index in [-0.39, 0.29) is 11.5 Å². The Morgan fingerprint density at radius 3 is 2.58 bits per heavy atom. The molecule has 0 aliphatic carbocycles. The van der Waals surface area contributed by atoms with Crippen molar-refractivity contribution in [3.63, 3.8) is 0 Å². The van der Waals surface area contributed by atoms with Gasteiger partial charge in [-0.25, -0.2) is 14.5 Å². The second kappa shape index (κ2) is 9.75. The average Bonchev–Trinajstić information content (AvgIpc) is 3.23. The zero-order valence-electron chi connectivity index (χ0n) is 17.8. The lowest BCUT2D eigenvalue weighted by atomic mass is 10.1. The number of nitrogens with one attached hydrogen (secondary N) is 1. The molecule has 1 aromatic carbocycles. The number of amides is 1. The van der Waals surface area contributed by atoms with Crippen molar-refractivity contribution in [2.24, 2.45) is 0 Å². The van der Waals surface area contributed by atoms with E-state index in [1.165, 1.54) is 20.4 Å². The van der Waals surface area contributed by atoms with Crippen molar-refractivity contribution in [3.8, 4) is 17.3 Å². The van der Waals surface area contributed by atoms with E-state index in [9.17, 15) is 9.59 Å². The summed E-state index contributed by atoms with van der Waals surface area (Å²) in [5.41, 5.74) is 1.35. The third-order valence-electron chi connectivity index (χ3n) is 4.45. The minimum absolute atomic E-state index is 0.0260.